The first-order valence-corrected chi connectivity index (χ1v) is 15.6. The number of rotatable bonds is 10. The molecule has 5 fully saturated rings. The first-order chi connectivity index (χ1) is 19.8. The van der Waals surface area contributed by atoms with Gasteiger partial charge in [-0.1, -0.05) is 25.4 Å². The third-order valence-corrected chi connectivity index (χ3v) is 9.89. The zero-order chi connectivity index (χ0) is 28.6. The topological polar surface area (TPSA) is 100 Å². The molecular weight excluding hydrogens is 546 g/mol. The number of esters is 1. The zero-order valence-corrected chi connectivity index (χ0v) is 25.0. The molecule has 1 spiro atoms. The Bertz CT molecular complexity index is 1250. The summed E-state index contributed by atoms with van der Waals surface area (Å²) < 4.78 is 18.6. The van der Waals surface area contributed by atoms with Crippen molar-refractivity contribution in [3.05, 3.63) is 35.5 Å². The highest BCUT2D eigenvalue weighted by Gasteiger charge is 2.69. The number of aromatic nitrogens is 1. The maximum Gasteiger partial charge on any atom is 0.309 e. The second-order valence-corrected chi connectivity index (χ2v) is 12.9. The highest BCUT2D eigenvalue weighted by Crippen LogP contribution is 2.60. The van der Waals surface area contributed by atoms with E-state index in [1.54, 1.807) is 6.20 Å². The third-order valence-electron chi connectivity index (χ3n) is 9.65. The third kappa shape index (κ3) is 5.69. The zero-order valence-electron chi connectivity index (χ0n) is 24.2. The predicted molar refractivity (Wildman–Crippen MR) is 155 cm³/mol. The molecule has 4 aliphatic heterocycles. The van der Waals surface area contributed by atoms with Gasteiger partial charge in [-0.2, -0.15) is 0 Å². The van der Waals surface area contributed by atoms with Gasteiger partial charge in [-0.05, 0) is 81.7 Å². The standard InChI is InChI=1S/C31H42ClN3O6/c1-19-6-9-24-20(2)28(38-29-31(24)23(19)10-13-30(3,39-29)40-41-31)37-27(36)12-16-33-14-4-5-15-34-25-11-17-35-26-18-21(32)7-8-22(25)26/h7-8,11,17-20,23-24,28-29,33H,4-6,9-10,12-16H2,1-3H3,(H,34,35)/t19-,20-,23+,24+,28+,29-,30-,31-/m1/s1. The molecule has 9 nitrogen and oxygen atoms in total. The molecule has 1 saturated carbocycles. The van der Waals surface area contributed by atoms with E-state index in [0.717, 1.165) is 68.2 Å². The number of nitrogens with one attached hydrogen (secondary N) is 2. The summed E-state index contributed by atoms with van der Waals surface area (Å²) in [4.78, 5) is 29.2. The predicted octanol–water partition coefficient (Wildman–Crippen LogP) is 5.81. The molecule has 7 rings (SSSR count). The van der Waals surface area contributed by atoms with Crippen LogP contribution in [0, 0.1) is 23.7 Å². The van der Waals surface area contributed by atoms with Gasteiger partial charge in [0.05, 0.1) is 11.9 Å². The van der Waals surface area contributed by atoms with Gasteiger partial charge in [0.1, 0.15) is 0 Å². The van der Waals surface area contributed by atoms with Crippen LogP contribution in [-0.4, -0.2) is 54.6 Å². The lowest BCUT2D eigenvalue weighted by Crippen LogP contribution is -2.70. The van der Waals surface area contributed by atoms with E-state index in [0.29, 0.717) is 17.5 Å². The molecule has 41 heavy (non-hydrogen) atoms. The molecule has 1 aromatic heterocycles. The number of hydrogen-bond acceptors (Lipinski definition) is 9. The van der Waals surface area contributed by atoms with Gasteiger partial charge < -0.3 is 24.8 Å². The second kappa shape index (κ2) is 11.9. The van der Waals surface area contributed by atoms with Crippen molar-refractivity contribution < 1.29 is 28.8 Å². The van der Waals surface area contributed by atoms with Gasteiger partial charge in [-0.25, -0.2) is 9.78 Å². The van der Waals surface area contributed by atoms with Crippen LogP contribution in [0.3, 0.4) is 0 Å². The smallest absolute Gasteiger partial charge is 0.309 e. The summed E-state index contributed by atoms with van der Waals surface area (Å²) in [7, 11) is 0. The number of carbonyl (C=O) groups excluding carboxylic acids is 1. The van der Waals surface area contributed by atoms with Crippen molar-refractivity contribution in [2.75, 3.05) is 25.0 Å². The molecule has 2 N–H and O–H groups in total. The SMILES string of the molecule is C[C@H]1[C@@H](OC(=O)CCNCCCCNc2ccnc3cc(Cl)ccc23)O[C@@H]2O[C@@]3(C)CC[C@H]4[C@H](C)CC[C@@H]1[C@@]24OO3. The van der Waals surface area contributed by atoms with E-state index in [4.69, 9.17) is 35.6 Å². The molecule has 0 radical (unpaired) electrons. The average Bonchev–Trinajstić information content (AvgIpc) is 3.18. The molecule has 224 valence electrons. The number of anilines is 1. The Morgan fingerprint density at radius 2 is 1.95 bits per heavy atom. The highest BCUT2D eigenvalue weighted by molar-refractivity contribution is 6.31. The van der Waals surface area contributed by atoms with Crippen molar-refractivity contribution in [2.45, 2.75) is 89.7 Å². The Morgan fingerprint density at radius 1 is 1.10 bits per heavy atom. The van der Waals surface area contributed by atoms with Gasteiger partial charge in [0.25, 0.3) is 0 Å². The second-order valence-electron chi connectivity index (χ2n) is 12.4. The van der Waals surface area contributed by atoms with Crippen LogP contribution in [0.15, 0.2) is 30.5 Å². The fourth-order valence-electron chi connectivity index (χ4n) is 7.38. The fraction of sp³-hybridized carbons (Fsp3) is 0.677. The Kier molecular flexibility index (Phi) is 8.47. The summed E-state index contributed by atoms with van der Waals surface area (Å²) in [5.74, 6) is -0.204. The Labute approximate surface area is 246 Å². The first-order valence-electron chi connectivity index (χ1n) is 15.2. The van der Waals surface area contributed by atoms with Crippen molar-refractivity contribution in [3.63, 3.8) is 0 Å². The van der Waals surface area contributed by atoms with Crippen LogP contribution in [0.25, 0.3) is 10.9 Å². The maximum absolute atomic E-state index is 12.8. The summed E-state index contributed by atoms with van der Waals surface area (Å²) in [6.45, 7) is 8.52. The molecule has 8 atom stereocenters. The number of unbranched alkanes of at least 4 members (excludes halogenated alkanes) is 1. The minimum Gasteiger partial charge on any atom is -0.435 e. The van der Waals surface area contributed by atoms with Gasteiger partial charge in [0.15, 0.2) is 11.9 Å². The first kappa shape index (κ1) is 29.1. The Balaban J connectivity index is 0.932. The van der Waals surface area contributed by atoms with Crippen LogP contribution < -0.4 is 10.6 Å². The molecule has 0 unspecified atom stereocenters. The number of hydrogen-bond donors (Lipinski definition) is 2. The number of pyridine rings is 1. The van der Waals surface area contributed by atoms with Crippen LogP contribution in [0.5, 0.6) is 0 Å². The molecule has 5 heterocycles. The van der Waals surface area contributed by atoms with Gasteiger partial charge in [-0.3, -0.25) is 9.78 Å². The Hall–Kier alpha value is -2.01. The van der Waals surface area contributed by atoms with E-state index in [1.165, 1.54) is 0 Å². The summed E-state index contributed by atoms with van der Waals surface area (Å²) in [6, 6.07) is 7.73. The molecule has 2 aromatic rings. The van der Waals surface area contributed by atoms with E-state index < -0.39 is 24.0 Å². The summed E-state index contributed by atoms with van der Waals surface area (Å²) in [5, 5.41) is 8.60. The van der Waals surface area contributed by atoms with Gasteiger partial charge in [0.2, 0.25) is 12.1 Å². The maximum atomic E-state index is 12.8. The number of ether oxygens (including phenoxy) is 3. The molecule has 1 aliphatic carbocycles. The monoisotopic (exact) mass is 587 g/mol. The number of carbonyl (C=O) groups is 1. The van der Waals surface area contributed by atoms with Crippen LogP contribution in [0.1, 0.15) is 65.7 Å². The van der Waals surface area contributed by atoms with Gasteiger partial charge >= 0.3 is 5.97 Å². The van der Waals surface area contributed by atoms with E-state index in [1.807, 2.05) is 31.2 Å². The number of halogens is 1. The van der Waals surface area contributed by atoms with Crippen molar-refractivity contribution in [1.82, 2.24) is 10.3 Å². The summed E-state index contributed by atoms with van der Waals surface area (Å²) in [5.41, 5.74) is 1.29. The normalized spacial score (nSPS) is 36.0. The van der Waals surface area contributed by atoms with E-state index in [2.05, 4.69) is 29.5 Å². The fourth-order valence-corrected chi connectivity index (χ4v) is 7.55. The molecule has 10 heteroatoms. The number of benzene rings is 1. The van der Waals surface area contributed by atoms with Crippen molar-refractivity contribution in [2.24, 2.45) is 23.7 Å². The van der Waals surface area contributed by atoms with Crippen molar-refractivity contribution in [1.29, 1.82) is 0 Å². The summed E-state index contributed by atoms with van der Waals surface area (Å²) >= 11 is 6.09. The van der Waals surface area contributed by atoms with E-state index in [9.17, 15) is 4.79 Å². The largest absolute Gasteiger partial charge is 0.435 e. The van der Waals surface area contributed by atoms with Gasteiger partial charge in [0, 0.05) is 53.6 Å². The van der Waals surface area contributed by atoms with Gasteiger partial charge in [-0.15, -0.1) is 0 Å². The van der Waals surface area contributed by atoms with E-state index >= 15 is 0 Å². The van der Waals surface area contributed by atoms with Crippen molar-refractivity contribution >= 4 is 34.2 Å². The lowest BCUT2D eigenvalue weighted by molar-refractivity contribution is -0.576. The Morgan fingerprint density at radius 3 is 2.83 bits per heavy atom. The lowest BCUT2D eigenvalue weighted by atomic mass is 9.58. The summed E-state index contributed by atoms with van der Waals surface area (Å²) in [6.07, 6.45) is 6.62. The van der Waals surface area contributed by atoms with Crippen LogP contribution in [-0.2, 0) is 28.8 Å². The minimum atomic E-state index is -0.841. The number of fused-ring (bicyclic) bond motifs is 3. The van der Waals surface area contributed by atoms with E-state index in [-0.39, 0.29) is 30.1 Å². The lowest BCUT2D eigenvalue weighted by Gasteiger charge is -2.59. The molecule has 5 aliphatic rings. The molecule has 1 aromatic carbocycles. The van der Waals surface area contributed by atoms with Crippen LogP contribution in [0.2, 0.25) is 5.02 Å². The molecule has 2 bridgehead atoms. The van der Waals surface area contributed by atoms with Crippen LogP contribution >= 0.6 is 11.6 Å². The van der Waals surface area contributed by atoms with Crippen LogP contribution in [0.4, 0.5) is 5.69 Å². The molecule has 0 amide bonds. The minimum absolute atomic E-state index is 0.0187. The molecular formula is C31H42ClN3O6. The molecule has 4 saturated heterocycles. The average molecular weight is 588 g/mol. The number of nitrogens with zero attached hydrogens (tertiary/aromatic N) is 1. The highest BCUT2D eigenvalue weighted by atomic mass is 35.5. The quantitative estimate of drug-likeness (QED) is 0.202. The van der Waals surface area contributed by atoms with Crippen molar-refractivity contribution in [3.8, 4) is 0 Å².